The number of carbonyl (C=O) groups is 1. The Morgan fingerprint density at radius 2 is 2.00 bits per heavy atom. The van der Waals surface area contributed by atoms with Crippen molar-refractivity contribution >= 4 is 18.0 Å². The molecule has 0 atom stereocenters. The minimum Gasteiger partial charge on any atom is -0.350 e. The fourth-order valence-corrected chi connectivity index (χ4v) is 1.02. The maximum atomic E-state index is 10.5. The molecule has 14 heavy (non-hydrogen) atoms. The molecule has 0 spiro atoms. The van der Waals surface area contributed by atoms with Crippen LogP contribution in [0.2, 0.25) is 0 Å². The van der Waals surface area contributed by atoms with E-state index < -0.39 is 6.03 Å². The number of nitrogens with one attached hydrogen (secondary N) is 1. The number of aliphatic imine (C=N–C) groups is 1. The van der Waals surface area contributed by atoms with Gasteiger partial charge in [0.2, 0.25) is 0 Å². The Kier molecular flexibility index (Phi) is 3.12. The second-order valence-electron chi connectivity index (χ2n) is 2.85. The van der Waals surface area contributed by atoms with Crippen molar-refractivity contribution in [3.63, 3.8) is 0 Å². The van der Waals surface area contributed by atoms with Gasteiger partial charge in [0.25, 0.3) is 0 Å². The van der Waals surface area contributed by atoms with Crippen molar-refractivity contribution in [2.24, 2.45) is 10.7 Å². The monoisotopic (exact) mass is 189 g/mol. The molecule has 0 saturated heterocycles. The highest BCUT2D eigenvalue weighted by atomic mass is 16.2. The van der Waals surface area contributed by atoms with Gasteiger partial charge in [-0.15, -0.1) is 0 Å². The molecule has 0 unspecified atom stereocenters. The summed E-state index contributed by atoms with van der Waals surface area (Å²) in [5.74, 6) is 0. The predicted octanol–water partition coefficient (Wildman–Crippen LogP) is 1.51. The molecule has 0 fully saturated rings. The Bertz CT molecular complexity index is 379. The van der Waals surface area contributed by atoms with Crippen molar-refractivity contribution in [2.75, 3.05) is 0 Å². The van der Waals surface area contributed by atoms with Gasteiger partial charge in [0.1, 0.15) is 0 Å². The number of amides is 2. The van der Waals surface area contributed by atoms with E-state index in [0.717, 1.165) is 11.8 Å². The number of primary amides is 1. The van der Waals surface area contributed by atoms with Crippen molar-refractivity contribution in [2.45, 2.75) is 6.92 Å². The van der Waals surface area contributed by atoms with Crippen LogP contribution in [0.3, 0.4) is 0 Å². The molecule has 0 heterocycles. The Morgan fingerprint density at radius 1 is 1.43 bits per heavy atom. The van der Waals surface area contributed by atoms with Crippen LogP contribution < -0.4 is 5.73 Å². The predicted molar refractivity (Wildman–Crippen MR) is 56.1 cm³/mol. The summed E-state index contributed by atoms with van der Waals surface area (Å²) in [5, 5.41) is 7.08. The van der Waals surface area contributed by atoms with Gasteiger partial charge in [-0.1, -0.05) is 29.8 Å². The normalized spacial score (nSPS) is 11.1. The molecule has 0 radical (unpaired) electrons. The van der Waals surface area contributed by atoms with Crippen LogP contribution in [-0.2, 0) is 0 Å². The van der Waals surface area contributed by atoms with Crippen LogP contribution in [0.5, 0.6) is 0 Å². The fourth-order valence-electron chi connectivity index (χ4n) is 1.02. The summed E-state index contributed by atoms with van der Waals surface area (Å²) in [6, 6.07) is 6.57. The molecule has 4 heteroatoms. The first-order valence-electron chi connectivity index (χ1n) is 4.09. The molecule has 1 aromatic rings. The third kappa shape index (κ3) is 2.52. The largest absolute Gasteiger partial charge is 0.350 e. The molecule has 0 aromatic heterocycles. The summed E-state index contributed by atoms with van der Waals surface area (Å²) in [6.07, 6.45) is 1.01. The van der Waals surface area contributed by atoms with Gasteiger partial charge in [-0.2, -0.15) is 4.99 Å². The molecule has 1 aromatic carbocycles. The molecule has 4 nitrogen and oxygen atoms in total. The molecule has 0 aliphatic rings. The number of benzene rings is 1. The zero-order valence-electron chi connectivity index (χ0n) is 7.82. The molecule has 3 N–H and O–H groups in total. The average Bonchev–Trinajstić information content (AvgIpc) is 2.15. The van der Waals surface area contributed by atoms with Crippen LogP contribution in [0.25, 0.3) is 0 Å². The van der Waals surface area contributed by atoms with Gasteiger partial charge in [0, 0.05) is 11.8 Å². The number of nitrogens with zero attached hydrogens (tertiary/aromatic N) is 1. The topological polar surface area (TPSA) is 79.3 Å². The van der Waals surface area contributed by atoms with Crippen molar-refractivity contribution in [1.29, 1.82) is 5.41 Å². The van der Waals surface area contributed by atoms with E-state index in [0.29, 0.717) is 5.56 Å². The molecule has 0 bridgehead atoms. The van der Waals surface area contributed by atoms with E-state index in [1.807, 2.05) is 19.1 Å². The SMILES string of the molecule is Cc1ccc(/C(C=N)=N/C(N)=O)cc1. The first-order chi connectivity index (χ1) is 6.63. The third-order valence-corrected chi connectivity index (χ3v) is 1.71. The maximum absolute atomic E-state index is 10.5. The Hall–Kier alpha value is -1.97. The van der Waals surface area contributed by atoms with Gasteiger partial charge in [-0.3, -0.25) is 0 Å². The molecule has 72 valence electrons. The summed E-state index contributed by atoms with van der Waals surface area (Å²) < 4.78 is 0. The number of nitrogens with two attached hydrogens (primary N) is 1. The molecule has 2 amide bonds. The van der Waals surface area contributed by atoms with E-state index in [9.17, 15) is 4.79 Å². The van der Waals surface area contributed by atoms with Crippen molar-refractivity contribution in [3.8, 4) is 0 Å². The van der Waals surface area contributed by atoms with Crippen molar-refractivity contribution < 1.29 is 4.79 Å². The number of hydrogen-bond donors (Lipinski definition) is 2. The smallest absolute Gasteiger partial charge is 0.338 e. The van der Waals surface area contributed by atoms with Crippen LogP contribution >= 0.6 is 0 Å². The summed E-state index contributed by atoms with van der Waals surface area (Å²) in [7, 11) is 0. The Labute approximate surface area is 82.0 Å². The van der Waals surface area contributed by atoms with Gasteiger partial charge >= 0.3 is 6.03 Å². The van der Waals surface area contributed by atoms with Crippen LogP contribution in [0.15, 0.2) is 29.3 Å². The van der Waals surface area contributed by atoms with Gasteiger partial charge in [0.05, 0.1) is 5.71 Å². The number of hydrogen-bond acceptors (Lipinski definition) is 2. The van der Waals surface area contributed by atoms with Gasteiger partial charge in [0.15, 0.2) is 0 Å². The lowest BCUT2D eigenvalue weighted by Gasteiger charge is -1.99. The van der Waals surface area contributed by atoms with E-state index in [2.05, 4.69) is 4.99 Å². The number of urea groups is 1. The van der Waals surface area contributed by atoms with E-state index in [1.165, 1.54) is 0 Å². The second kappa shape index (κ2) is 4.32. The van der Waals surface area contributed by atoms with Crippen LogP contribution in [0, 0.1) is 12.3 Å². The van der Waals surface area contributed by atoms with E-state index in [-0.39, 0.29) is 5.71 Å². The molecular formula is C10H11N3O. The maximum Gasteiger partial charge on any atom is 0.338 e. The summed E-state index contributed by atoms with van der Waals surface area (Å²) in [6.45, 7) is 1.96. The third-order valence-electron chi connectivity index (χ3n) is 1.71. The first-order valence-corrected chi connectivity index (χ1v) is 4.09. The Morgan fingerprint density at radius 3 is 2.43 bits per heavy atom. The Balaban J connectivity index is 3.07. The quantitative estimate of drug-likeness (QED) is 0.679. The molecule has 0 aliphatic heterocycles. The number of aryl methyl sites for hydroxylation is 1. The van der Waals surface area contributed by atoms with Gasteiger partial charge < -0.3 is 11.1 Å². The lowest BCUT2D eigenvalue weighted by Crippen LogP contribution is -2.11. The fraction of sp³-hybridized carbons (Fsp3) is 0.100. The molecular weight excluding hydrogens is 178 g/mol. The lowest BCUT2D eigenvalue weighted by molar-refractivity contribution is 0.257. The van der Waals surface area contributed by atoms with Gasteiger partial charge in [-0.05, 0) is 6.92 Å². The standard InChI is InChI=1S/C10H11N3O/c1-7-2-4-8(5-3-7)9(6-11)13-10(12)14/h2-6,11H,1H3,(H2,12,14)/b11-6?,13-9+. The van der Waals surface area contributed by atoms with Crippen LogP contribution in [-0.4, -0.2) is 18.0 Å². The second-order valence-corrected chi connectivity index (χ2v) is 2.85. The van der Waals surface area contributed by atoms with Gasteiger partial charge in [-0.25, -0.2) is 4.79 Å². The molecule has 0 saturated carbocycles. The van der Waals surface area contributed by atoms with E-state index in [4.69, 9.17) is 11.1 Å². The highest BCUT2D eigenvalue weighted by Crippen LogP contribution is 2.03. The minimum absolute atomic E-state index is 0.275. The lowest BCUT2D eigenvalue weighted by atomic mass is 10.1. The van der Waals surface area contributed by atoms with Crippen LogP contribution in [0.4, 0.5) is 4.79 Å². The first kappa shape index (κ1) is 10.1. The van der Waals surface area contributed by atoms with Crippen molar-refractivity contribution in [3.05, 3.63) is 35.4 Å². The number of rotatable bonds is 2. The van der Waals surface area contributed by atoms with E-state index in [1.54, 1.807) is 12.1 Å². The van der Waals surface area contributed by atoms with E-state index >= 15 is 0 Å². The summed E-state index contributed by atoms with van der Waals surface area (Å²) in [5.41, 5.74) is 7.00. The highest BCUT2D eigenvalue weighted by Gasteiger charge is 2.00. The molecule has 1 rings (SSSR count). The summed E-state index contributed by atoms with van der Waals surface area (Å²) >= 11 is 0. The van der Waals surface area contributed by atoms with Crippen LogP contribution in [0.1, 0.15) is 11.1 Å². The number of carbonyl (C=O) groups excluding carboxylic acids is 1. The average molecular weight is 189 g/mol. The zero-order chi connectivity index (χ0) is 10.6. The highest BCUT2D eigenvalue weighted by molar-refractivity contribution is 6.38. The molecule has 0 aliphatic carbocycles. The summed E-state index contributed by atoms with van der Waals surface area (Å²) in [4.78, 5) is 14.0. The minimum atomic E-state index is -0.788. The van der Waals surface area contributed by atoms with Crippen molar-refractivity contribution in [1.82, 2.24) is 0 Å². The zero-order valence-corrected chi connectivity index (χ0v) is 7.82.